The summed E-state index contributed by atoms with van der Waals surface area (Å²) in [6.07, 6.45) is 14.4. The fourth-order valence-corrected chi connectivity index (χ4v) is 3.30. The maximum Gasteiger partial charge on any atom is 0.251 e. The molecule has 1 aliphatic rings. The minimum Gasteiger partial charge on any atom is -0.359 e. The zero-order valence-corrected chi connectivity index (χ0v) is 16.0. The lowest BCUT2D eigenvalue weighted by Crippen LogP contribution is -2.26. The van der Waals surface area contributed by atoms with Crippen molar-refractivity contribution in [3.63, 3.8) is 0 Å². The minimum absolute atomic E-state index is 0.0300. The Morgan fingerprint density at radius 2 is 2.00 bits per heavy atom. The second-order valence-electron chi connectivity index (χ2n) is 7.04. The highest BCUT2D eigenvalue weighted by Gasteiger charge is 2.10. The standard InChI is InChI=1S/C22H28N4O/c1-26(16-11-19-7-12-23-13-8-19)21-17-20(10-15-24-21)22(27)25-14-9-18-5-3-2-4-6-18/h5,7-8,10,12-13,15,17H,2-4,6,9,11,14,16H2,1H3,(H,25,27). The Morgan fingerprint density at radius 1 is 1.15 bits per heavy atom. The van der Waals surface area contributed by atoms with Crippen molar-refractivity contribution in [2.75, 3.05) is 25.0 Å². The molecule has 0 aromatic carbocycles. The maximum absolute atomic E-state index is 12.5. The Morgan fingerprint density at radius 3 is 2.78 bits per heavy atom. The lowest BCUT2D eigenvalue weighted by Gasteiger charge is -2.18. The Balaban J connectivity index is 1.51. The first kappa shape index (κ1) is 19.1. The van der Waals surface area contributed by atoms with Gasteiger partial charge < -0.3 is 10.2 Å². The number of anilines is 1. The summed E-state index contributed by atoms with van der Waals surface area (Å²) >= 11 is 0. The molecular weight excluding hydrogens is 336 g/mol. The lowest BCUT2D eigenvalue weighted by molar-refractivity contribution is 0.0954. The number of allylic oxidation sites excluding steroid dienone is 1. The molecule has 0 unspecified atom stereocenters. The fraction of sp³-hybridized carbons (Fsp3) is 0.409. The van der Waals surface area contributed by atoms with E-state index in [4.69, 9.17) is 0 Å². The van der Waals surface area contributed by atoms with Crippen LogP contribution in [0.4, 0.5) is 5.82 Å². The van der Waals surface area contributed by atoms with E-state index in [1.54, 1.807) is 12.3 Å². The van der Waals surface area contributed by atoms with Crippen LogP contribution in [-0.2, 0) is 6.42 Å². The Hall–Kier alpha value is -2.69. The van der Waals surface area contributed by atoms with E-state index < -0.39 is 0 Å². The lowest BCUT2D eigenvalue weighted by atomic mass is 9.97. The van der Waals surface area contributed by atoms with Crippen LogP contribution in [0.3, 0.4) is 0 Å². The molecule has 1 N–H and O–H groups in total. The van der Waals surface area contributed by atoms with Crippen LogP contribution in [0.15, 0.2) is 54.5 Å². The normalized spacial score (nSPS) is 13.7. The molecule has 1 aliphatic carbocycles. The van der Waals surface area contributed by atoms with E-state index in [2.05, 4.69) is 26.3 Å². The van der Waals surface area contributed by atoms with E-state index in [-0.39, 0.29) is 5.91 Å². The number of hydrogen-bond acceptors (Lipinski definition) is 4. The van der Waals surface area contributed by atoms with E-state index in [0.717, 1.165) is 25.2 Å². The first-order valence-electron chi connectivity index (χ1n) is 9.74. The number of aromatic nitrogens is 2. The number of rotatable bonds is 8. The van der Waals surface area contributed by atoms with Crippen molar-refractivity contribution in [2.24, 2.45) is 0 Å². The molecule has 1 amide bonds. The quantitative estimate of drug-likeness (QED) is 0.724. The Bertz CT molecular complexity index is 773. The van der Waals surface area contributed by atoms with E-state index in [9.17, 15) is 4.79 Å². The predicted octanol–water partition coefficient (Wildman–Crippen LogP) is 3.78. The van der Waals surface area contributed by atoms with Gasteiger partial charge in [-0.2, -0.15) is 0 Å². The summed E-state index contributed by atoms with van der Waals surface area (Å²) in [5.41, 5.74) is 3.38. The molecular formula is C22H28N4O. The monoisotopic (exact) mass is 364 g/mol. The highest BCUT2D eigenvalue weighted by atomic mass is 16.1. The third-order valence-electron chi connectivity index (χ3n) is 5.00. The predicted molar refractivity (Wildman–Crippen MR) is 109 cm³/mol. The van der Waals surface area contributed by atoms with Crippen molar-refractivity contribution < 1.29 is 4.79 Å². The summed E-state index contributed by atoms with van der Waals surface area (Å²) in [6, 6.07) is 7.68. The van der Waals surface area contributed by atoms with Gasteiger partial charge in [-0.1, -0.05) is 11.6 Å². The number of carbonyl (C=O) groups is 1. The molecule has 2 aromatic rings. The fourth-order valence-electron chi connectivity index (χ4n) is 3.30. The number of carbonyl (C=O) groups excluding carboxylic acids is 1. The second kappa shape index (κ2) is 9.86. The van der Waals surface area contributed by atoms with Crippen molar-refractivity contribution in [1.82, 2.24) is 15.3 Å². The molecule has 0 bridgehead atoms. The zero-order valence-electron chi connectivity index (χ0n) is 16.0. The van der Waals surface area contributed by atoms with Crippen LogP contribution in [0.2, 0.25) is 0 Å². The number of nitrogens with zero attached hydrogens (tertiary/aromatic N) is 3. The largest absolute Gasteiger partial charge is 0.359 e. The summed E-state index contributed by atoms with van der Waals surface area (Å²) in [7, 11) is 2.00. The van der Waals surface area contributed by atoms with Crippen LogP contribution in [0, 0.1) is 0 Å². The van der Waals surface area contributed by atoms with Gasteiger partial charge in [-0.05, 0) is 68.4 Å². The molecule has 0 spiro atoms. The van der Waals surface area contributed by atoms with Crippen LogP contribution in [0.25, 0.3) is 0 Å². The summed E-state index contributed by atoms with van der Waals surface area (Å²) in [6.45, 7) is 1.52. The smallest absolute Gasteiger partial charge is 0.251 e. The molecule has 0 atom stereocenters. The second-order valence-corrected chi connectivity index (χ2v) is 7.04. The molecule has 5 heteroatoms. The van der Waals surface area contributed by atoms with Crippen molar-refractivity contribution in [3.8, 4) is 0 Å². The Kier molecular flexibility index (Phi) is 6.97. The van der Waals surface area contributed by atoms with E-state index in [0.29, 0.717) is 12.1 Å². The Labute approximate surface area is 161 Å². The van der Waals surface area contributed by atoms with Gasteiger partial charge in [0.05, 0.1) is 0 Å². The van der Waals surface area contributed by atoms with Gasteiger partial charge in [-0.25, -0.2) is 4.98 Å². The first-order valence-corrected chi connectivity index (χ1v) is 9.74. The zero-order chi connectivity index (χ0) is 18.9. The number of nitrogens with one attached hydrogen (secondary N) is 1. The molecule has 0 aliphatic heterocycles. The highest BCUT2D eigenvalue weighted by Crippen LogP contribution is 2.19. The molecule has 3 rings (SSSR count). The average Bonchev–Trinajstić information content (AvgIpc) is 2.73. The summed E-state index contributed by atoms with van der Waals surface area (Å²) in [5, 5.41) is 3.04. The molecule has 5 nitrogen and oxygen atoms in total. The van der Waals surface area contributed by atoms with E-state index in [1.165, 1.54) is 36.8 Å². The van der Waals surface area contributed by atoms with Gasteiger partial charge in [0.2, 0.25) is 0 Å². The van der Waals surface area contributed by atoms with Gasteiger partial charge in [0.15, 0.2) is 0 Å². The summed E-state index contributed by atoms with van der Waals surface area (Å²) < 4.78 is 0. The van der Waals surface area contributed by atoms with Crippen LogP contribution >= 0.6 is 0 Å². The summed E-state index contributed by atoms with van der Waals surface area (Å²) in [5.74, 6) is 0.782. The van der Waals surface area contributed by atoms with Crippen LogP contribution in [0.1, 0.15) is 48.0 Å². The third kappa shape index (κ3) is 5.91. The number of amides is 1. The van der Waals surface area contributed by atoms with Crippen LogP contribution < -0.4 is 10.2 Å². The molecule has 142 valence electrons. The van der Waals surface area contributed by atoms with Crippen molar-refractivity contribution in [2.45, 2.75) is 38.5 Å². The van der Waals surface area contributed by atoms with E-state index in [1.807, 2.05) is 37.6 Å². The molecule has 27 heavy (non-hydrogen) atoms. The van der Waals surface area contributed by atoms with Gasteiger partial charge in [-0.15, -0.1) is 0 Å². The van der Waals surface area contributed by atoms with Gasteiger partial charge in [-0.3, -0.25) is 9.78 Å². The van der Waals surface area contributed by atoms with Crippen LogP contribution in [-0.4, -0.2) is 36.0 Å². The molecule has 0 saturated heterocycles. The minimum atomic E-state index is -0.0300. The van der Waals surface area contributed by atoms with Gasteiger partial charge in [0, 0.05) is 44.3 Å². The van der Waals surface area contributed by atoms with Gasteiger partial charge in [0.1, 0.15) is 5.82 Å². The van der Waals surface area contributed by atoms with Gasteiger partial charge in [0.25, 0.3) is 5.91 Å². The molecule has 0 fully saturated rings. The molecule has 0 saturated carbocycles. The molecule has 2 aromatic heterocycles. The maximum atomic E-state index is 12.5. The third-order valence-corrected chi connectivity index (χ3v) is 5.00. The molecule has 0 radical (unpaired) electrons. The number of pyridine rings is 2. The average molecular weight is 364 g/mol. The van der Waals surface area contributed by atoms with Gasteiger partial charge >= 0.3 is 0 Å². The number of likely N-dealkylation sites (N-methyl/N-ethyl adjacent to an activating group) is 1. The number of hydrogen-bond donors (Lipinski definition) is 1. The van der Waals surface area contributed by atoms with Crippen LogP contribution in [0.5, 0.6) is 0 Å². The molecule has 2 heterocycles. The first-order chi connectivity index (χ1) is 13.2. The SMILES string of the molecule is CN(CCc1ccncc1)c1cc(C(=O)NCCC2=CCCCC2)ccn1. The highest BCUT2D eigenvalue weighted by molar-refractivity contribution is 5.94. The van der Waals surface area contributed by atoms with E-state index >= 15 is 0 Å². The van der Waals surface area contributed by atoms with Crippen molar-refractivity contribution in [3.05, 3.63) is 65.6 Å². The van der Waals surface area contributed by atoms with Crippen molar-refractivity contribution >= 4 is 11.7 Å². The van der Waals surface area contributed by atoms with Crippen molar-refractivity contribution in [1.29, 1.82) is 0 Å². The topological polar surface area (TPSA) is 58.1 Å². The summed E-state index contributed by atoms with van der Waals surface area (Å²) in [4.78, 5) is 23.0.